The number of benzene rings is 1. The van der Waals surface area contributed by atoms with Crippen LogP contribution in [0.4, 0.5) is 0 Å². The summed E-state index contributed by atoms with van der Waals surface area (Å²) in [5.74, 6) is -0.0332. The molecule has 5 nitrogen and oxygen atoms in total. The predicted molar refractivity (Wildman–Crippen MR) is 106 cm³/mol. The Kier molecular flexibility index (Phi) is 7.76. The van der Waals surface area contributed by atoms with E-state index < -0.39 is 10.0 Å². The molecule has 146 valence electrons. The minimum absolute atomic E-state index is 0.0601. The van der Waals surface area contributed by atoms with Gasteiger partial charge in [0.05, 0.1) is 11.7 Å². The summed E-state index contributed by atoms with van der Waals surface area (Å²) in [5, 5.41) is 3.72. The van der Waals surface area contributed by atoms with Gasteiger partial charge in [-0.1, -0.05) is 43.1 Å². The van der Waals surface area contributed by atoms with Crippen molar-refractivity contribution in [2.24, 2.45) is 11.8 Å². The topological polar surface area (TPSA) is 66.5 Å². The highest BCUT2D eigenvalue weighted by atomic mass is 35.5. The lowest BCUT2D eigenvalue weighted by Gasteiger charge is -2.31. The number of carbonyl (C=O) groups excluding carboxylic acids is 1. The molecule has 1 amide bonds. The fourth-order valence-corrected chi connectivity index (χ4v) is 5.16. The minimum atomic E-state index is -3.55. The molecule has 0 bridgehead atoms. The number of carbonyl (C=O) groups is 1. The van der Waals surface area contributed by atoms with Crippen molar-refractivity contribution in [3.05, 3.63) is 33.8 Å². The van der Waals surface area contributed by atoms with Crippen LogP contribution in [0.1, 0.15) is 38.7 Å². The van der Waals surface area contributed by atoms with Crippen LogP contribution in [0.25, 0.3) is 0 Å². The molecule has 1 aliphatic rings. The summed E-state index contributed by atoms with van der Waals surface area (Å²) < 4.78 is 26.9. The number of nitrogens with one attached hydrogen (secondary N) is 1. The molecule has 2 rings (SSSR count). The lowest BCUT2D eigenvalue weighted by atomic mass is 9.98. The summed E-state index contributed by atoms with van der Waals surface area (Å²) in [6.45, 7) is 5.48. The van der Waals surface area contributed by atoms with Crippen molar-refractivity contribution >= 4 is 39.1 Å². The van der Waals surface area contributed by atoms with E-state index in [2.05, 4.69) is 19.2 Å². The molecule has 1 atom stereocenters. The molecule has 1 aliphatic heterocycles. The van der Waals surface area contributed by atoms with E-state index in [4.69, 9.17) is 23.2 Å². The number of amides is 1. The molecule has 1 aromatic rings. The highest BCUT2D eigenvalue weighted by molar-refractivity contribution is 7.88. The van der Waals surface area contributed by atoms with Crippen molar-refractivity contribution in [3.63, 3.8) is 0 Å². The molecule has 0 aromatic heterocycles. The summed E-state index contributed by atoms with van der Waals surface area (Å²) >= 11 is 12.0. The number of sulfonamides is 1. The first-order chi connectivity index (χ1) is 12.2. The molecule has 1 heterocycles. The third kappa shape index (κ3) is 6.12. The van der Waals surface area contributed by atoms with Gasteiger partial charge in [0, 0.05) is 29.7 Å². The molecule has 1 aromatic carbocycles. The minimum Gasteiger partial charge on any atom is -0.356 e. The largest absolute Gasteiger partial charge is 0.356 e. The van der Waals surface area contributed by atoms with Gasteiger partial charge >= 0.3 is 0 Å². The van der Waals surface area contributed by atoms with Crippen LogP contribution in [0, 0.1) is 11.8 Å². The van der Waals surface area contributed by atoms with Gasteiger partial charge in [0.25, 0.3) is 0 Å². The van der Waals surface area contributed by atoms with Gasteiger partial charge in [0.15, 0.2) is 0 Å². The van der Waals surface area contributed by atoms with Gasteiger partial charge < -0.3 is 5.32 Å². The van der Waals surface area contributed by atoms with E-state index in [-0.39, 0.29) is 24.1 Å². The first kappa shape index (κ1) is 21.5. The van der Waals surface area contributed by atoms with Gasteiger partial charge in [0.1, 0.15) is 0 Å². The molecule has 1 N–H and O–H groups in total. The number of hydrogen-bond acceptors (Lipinski definition) is 3. The van der Waals surface area contributed by atoms with Crippen LogP contribution in [0.3, 0.4) is 0 Å². The maximum absolute atomic E-state index is 12.8. The maximum Gasteiger partial charge on any atom is 0.224 e. The van der Waals surface area contributed by atoms with E-state index in [1.165, 1.54) is 10.4 Å². The van der Waals surface area contributed by atoms with E-state index >= 15 is 0 Å². The summed E-state index contributed by atoms with van der Waals surface area (Å²) in [5.41, 5.74) is 0.513. The fourth-order valence-electron chi connectivity index (χ4n) is 2.96. The van der Waals surface area contributed by atoms with Crippen molar-refractivity contribution in [1.29, 1.82) is 0 Å². The first-order valence-corrected chi connectivity index (χ1v) is 11.2. The summed E-state index contributed by atoms with van der Waals surface area (Å²) in [6.07, 6.45) is 2.30. The lowest BCUT2D eigenvalue weighted by molar-refractivity contribution is -0.126. The van der Waals surface area contributed by atoms with Crippen LogP contribution in [0.5, 0.6) is 0 Å². The molecule has 8 heteroatoms. The Morgan fingerprint density at radius 1 is 1.35 bits per heavy atom. The van der Waals surface area contributed by atoms with Crippen molar-refractivity contribution < 1.29 is 13.2 Å². The number of nitrogens with zero attached hydrogens (tertiary/aromatic N) is 1. The summed E-state index contributed by atoms with van der Waals surface area (Å²) in [7, 11) is -3.55. The number of piperidine rings is 1. The van der Waals surface area contributed by atoms with Crippen LogP contribution in [-0.2, 0) is 20.6 Å². The molecular formula is C18H26Cl2N2O3S. The Bertz CT molecular complexity index is 738. The SMILES string of the molecule is CC(C)CCNC(=O)C1CCCN(S(=O)(=O)Cc2ccc(Cl)cc2Cl)C1. The van der Waals surface area contributed by atoms with E-state index in [0.29, 0.717) is 47.5 Å². The predicted octanol–water partition coefficient (Wildman–Crippen LogP) is 3.70. The molecule has 0 saturated carbocycles. The quantitative estimate of drug-likeness (QED) is 0.730. The molecule has 0 spiro atoms. The number of halogens is 2. The standard InChI is InChI=1S/C18H26Cl2N2O3S/c1-13(2)7-8-21-18(23)14-4-3-9-22(11-14)26(24,25)12-15-5-6-16(19)10-17(15)20/h5-6,10,13-14H,3-4,7-9,11-12H2,1-2H3,(H,21,23). The van der Waals surface area contributed by atoms with Crippen LogP contribution in [0.15, 0.2) is 18.2 Å². The van der Waals surface area contributed by atoms with Crippen molar-refractivity contribution in [2.45, 2.75) is 38.9 Å². The second-order valence-electron chi connectivity index (χ2n) is 7.16. The second kappa shape index (κ2) is 9.40. The summed E-state index contributed by atoms with van der Waals surface area (Å²) in [4.78, 5) is 12.3. The Morgan fingerprint density at radius 2 is 2.08 bits per heavy atom. The molecule has 0 radical (unpaired) electrons. The van der Waals surface area contributed by atoms with Gasteiger partial charge in [-0.2, -0.15) is 0 Å². The van der Waals surface area contributed by atoms with Gasteiger partial charge in [0.2, 0.25) is 15.9 Å². The van der Waals surface area contributed by atoms with E-state index in [1.807, 2.05) is 0 Å². The molecule has 1 unspecified atom stereocenters. The Hall–Kier alpha value is -0.820. The van der Waals surface area contributed by atoms with Gasteiger partial charge in [-0.15, -0.1) is 0 Å². The average Bonchev–Trinajstić information content (AvgIpc) is 2.57. The Balaban J connectivity index is 1.99. The van der Waals surface area contributed by atoms with Gasteiger partial charge in [-0.25, -0.2) is 12.7 Å². The Labute approximate surface area is 166 Å². The number of rotatable bonds is 7. The van der Waals surface area contributed by atoms with Crippen molar-refractivity contribution in [2.75, 3.05) is 19.6 Å². The van der Waals surface area contributed by atoms with Gasteiger partial charge in [-0.3, -0.25) is 4.79 Å². The third-order valence-corrected chi connectivity index (χ3v) is 6.90. The highest BCUT2D eigenvalue weighted by Gasteiger charge is 2.32. The monoisotopic (exact) mass is 420 g/mol. The maximum atomic E-state index is 12.8. The highest BCUT2D eigenvalue weighted by Crippen LogP contribution is 2.26. The fraction of sp³-hybridized carbons (Fsp3) is 0.611. The van der Waals surface area contributed by atoms with Crippen LogP contribution < -0.4 is 5.32 Å². The zero-order valence-electron chi connectivity index (χ0n) is 15.2. The molecule has 1 fully saturated rings. The van der Waals surface area contributed by atoms with E-state index in [9.17, 15) is 13.2 Å². The van der Waals surface area contributed by atoms with Crippen molar-refractivity contribution in [1.82, 2.24) is 9.62 Å². The second-order valence-corrected chi connectivity index (χ2v) is 9.98. The Morgan fingerprint density at radius 3 is 2.73 bits per heavy atom. The molecular weight excluding hydrogens is 395 g/mol. The average molecular weight is 421 g/mol. The lowest BCUT2D eigenvalue weighted by Crippen LogP contribution is -2.46. The van der Waals surface area contributed by atoms with Crippen LogP contribution in [-0.4, -0.2) is 38.3 Å². The smallest absolute Gasteiger partial charge is 0.224 e. The summed E-state index contributed by atoms with van der Waals surface area (Å²) in [6, 6.07) is 4.79. The van der Waals surface area contributed by atoms with E-state index in [1.54, 1.807) is 12.1 Å². The van der Waals surface area contributed by atoms with E-state index in [0.717, 1.165) is 6.42 Å². The zero-order valence-corrected chi connectivity index (χ0v) is 17.5. The van der Waals surface area contributed by atoms with Gasteiger partial charge in [-0.05, 0) is 42.9 Å². The normalized spacial score (nSPS) is 18.9. The van der Waals surface area contributed by atoms with Crippen LogP contribution in [0.2, 0.25) is 10.0 Å². The zero-order chi connectivity index (χ0) is 19.3. The number of hydrogen-bond donors (Lipinski definition) is 1. The molecule has 1 saturated heterocycles. The van der Waals surface area contributed by atoms with Crippen LogP contribution >= 0.6 is 23.2 Å². The molecule has 26 heavy (non-hydrogen) atoms. The first-order valence-electron chi connectivity index (χ1n) is 8.88. The third-order valence-electron chi connectivity index (χ3n) is 4.52. The molecule has 0 aliphatic carbocycles. The van der Waals surface area contributed by atoms with Crippen molar-refractivity contribution in [3.8, 4) is 0 Å².